The maximum Gasteiger partial charge on any atom is 0.306 e. The van der Waals surface area contributed by atoms with Crippen molar-refractivity contribution in [3.8, 4) is 0 Å². The number of carbonyl (C=O) groups excluding carboxylic acids is 3. The molecule has 4 aliphatic carbocycles. The van der Waals surface area contributed by atoms with Crippen molar-refractivity contribution in [2.75, 3.05) is 34.3 Å². The molecular formula is C54H94NO6+. The van der Waals surface area contributed by atoms with Crippen LogP contribution in [0.15, 0.2) is 23.8 Å². The average Bonchev–Trinajstić information content (AvgIpc) is 3.65. The highest BCUT2D eigenvalue weighted by atomic mass is 16.6. The summed E-state index contributed by atoms with van der Waals surface area (Å²) < 4.78 is 18.0. The van der Waals surface area contributed by atoms with Gasteiger partial charge in [-0.05, 0) is 124 Å². The van der Waals surface area contributed by atoms with Gasteiger partial charge in [0, 0.05) is 12.8 Å². The van der Waals surface area contributed by atoms with Crippen molar-refractivity contribution >= 4 is 17.9 Å². The first-order chi connectivity index (χ1) is 29.2. The molecule has 7 nitrogen and oxygen atoms in total. The fourth-order valence-electron chi connectivity index (χ4n) is 12.2. The summed E-state index contributed by atoms with van der Waals surface area (Å²) in [6, 6.07) is 0. The van der Waals surface area contributed by atoms with Crippen LogP contribution in [0.1, 0.15) is 208 Å². The molecule has 0 spiro atoms. The van der Waals surface area contributed by atoms with Crippen LogP contribution in [0.3, 0.4) is 0 Å². The van der Waals surface area contributed by atoms with Crippen molar-refractivity contribution < 1.29 is 33.1 Å². The molecule has 3 saturated carbocycles. The molecule has 2 unspecified atom stereocenters. The second-order valence-electron chi connectivity index (χ2n) is 22.1. The Bertz CT molecular complexity index is 1360. The number of hydrogen-bond acceptors (Lipinski definition) is 6. The van der Waals surface area contributed by atoms with Crippen molar-refractivity contribution in [2.45, 2.75) is 220 Å². The van der Waals surface area contributed by atoms with Gasteiger partial charge in [0.2, 0.25) is 0 Å². The van der Waals surface area contributed by atoms with Gasteiger partial charge in [0.1, 0.15) is 19.3 Å². The van der Waals surface area contributed by atoms with Crippen LogP contribution in [0.2, 0.25) is 0 Å². The van der Waals surface area contributed by atoms with Crippen molar-refractivity contribution in [2.24, 2.45) is 46.8 Å². The Morgan fingerprint density at radius 1 is 0.738 bits per heavy atom. The predicted molar refractivity (Wildman–Crippen MR) is 251 cm³/mol. The maximum atomic E-state index is 13.0. The Morgan fingerprint density at radius 3 is 2.08 bits per heavy atom. The van der Waals surface area contributed by atoms with Gasteiger partial charge in [-0.15, -0.1) is 0 Å². The standard InChI is InChI=1S/C54H94NO6/c1-9-10-11-12-13-14-15-16-17-18-19-20-21-22-23-27-52(57)61-45(39-55(6,7)8)40-59-51(56)34-35-53(58)60-44-36-37-54(5)43(38-44)28-29-49-48-31-30-46(47(48)32-33-50(49)54)42(4)26-24-25-41(2)3/h16-17,28,41-42,44-50H,9-15,18-27,29-40H2,1-8H3/q+1/b17-16-/t42-,44+,45?,46-,47?,48-,49+,50+,54+/m1/s1. The van der Waals surface area contributed by atoms with E-state index in [4.69, 9.17) is 14.2 Å². The number of fused-ring (bicyclic) bond motifs is 5. The molecule has 4 aliphatic rings. The normalized spacial score (nSPS) is 27.2. The van der Waals surface area contributed by atoms with E-state index < -0.39 is 12.1 Å². The third-order valence-electron chi connectivity index (χ3n) is 15.6. The van der Waals surface area contributed by atoms with Gasteiger partial charge in [-0.1, -0.05) is 129 Å². The molecule has 0 N–H and O–H groups in total. The van der Waals surface area contributed by atoms with Gasteiger partial charge < -0.3 is 18.7 Å². The molecular weight excluding hydrogens is 759 g/mol. The van der Waals surface area contributed by atoms with Crippen LogP contribution in [0.5, 0.6) is 0 Å². The lowest BCUT2D eigenvalue weighted by Crippen LogP contribution is -2.48. The summed E-state index contributed by atoms with van der Waals surface area (Å²) >= 11 is 0. The van der Waals surface area contributed by atoms with E-state index in [2.05, 4.69) is 52.8 Å². The first-order valence-corrected chi connectivity index (χ1v) is 25.9. The van der Waals surface area contributed by atoms with Gasteiger partial charge in [0.05, 0.1) is 34.0 Å². The number of ether oxygens (including phenoxy) is 3. The second kappa shape index (κ2) is 26.6. The highest BCUT2D eigenvalue weighted by Crippen LogP contribution is 2.63. The lowest BCUT2D eigenvalue weighted by Gasteiger charge is -2.55. The van der Waals surface area contributed by atoms with E-state index in [9.17, 15) is 14.4 Å². The molecule has 0 radical (unpaired) electrons. The van der Waals surface area contributed by atoms with E-state index in [0.717, 1.165) is 86.4 Å². The SMILES string of the molecule is CCCCCCCC/C=C\CCCCCCCC(=O)OC(COC(=O)CCC(=O)O[C@H]1CC[C@@]2(C)C(=CC[C@H]3[C@@H]4CC[C@H]([C@H](C)CCCC(C)C)C4CC[C@@H]32)C1)C[N+](C)(C)C. The maximum absolute atomic E-state index is 13.0. The number of carbonyl (C=O) groups is 3. The van der Waals surface area contributed by atoms with E-state index in [1.807, 2.05) is 21.1 Å². The Balaban J connectivity index is 1.10. The molecule has 0 heterocycles. The fraction of sp³-hybridized carbons (Fsp3) is 0.870. The number of likely N-dealkylation sites (N-methyl/N-ethyl adjacent to an activating group) is 1. The first-order valence-electron chi connectivity index (χ1n) is 25.9. The lowest BCUT2D eigenvalue weighted by atomic mass is 9.50. The van der Waals surface area contributed by atoms with Crippen LogP contribution < -0.4 is 0 Å². The molecule has 61 heavy (non-hydrogen) atoms. The highest BCUT2D eigenvalue weighted by Gasteiger charge is 2.54. The van der Waals surface area contributed by atoms with Crippen molar-refractivity contribution in [1.82, 2.24) is 0 Å². The minimum absolute atomic E-state index is 0.00137. The van der Waals surface area contributed by atoms with Crippen LogP contribution in [-0.4, -0.2) is 68.9 Å². The zero-order valence-electron chi connectivity index (χ0n) is 40.8. The molecule has 3 fully saturated rings. The summed E-state index contributed by atoms with van der Waals surface area (Å²) in [5, 5.41) is 0. The minimum Gasteiger partial charge on any atom is -0.462 e. The van der Waals surface area contributed by atoms with Crippen LogP contribution in [-0.2, 0) is 28.6 Å². The molecule has 9 atom stereocenters. The minimum atomic E-state index is -0.528. The second-order valence-corrected chi connectivity index (χ2v) is 22.1. The van der Waals surface area contributed by atoms with Crippen LogP contribution in [0, 0.1) is 46.8 Å². The first kappa shape index (κ1) is 51.5. The number of hydrogen-bond donors (Lipinski definition) is 0. The Kier molecular flexibility index (Phi) is 22.4. The van der Waals surface area contributed by atoms with Gasteiger partial charge in [-0.25, -0.2) is 0 Å². The van der Waals surface area contributed by atoms with E-state index in [1.54, 1.807) is 0 Å². The Hall–Kier alpha value is -2.15. The molecule has 7 heteroatoms. The van der Waals surface area contributed by atoms with Crippen molar-refractivity contribution in [3.63, 3.8) is 0 Å². The van der Waals surface area contributed by atoms with Gasteiger partial charge >= 0.3 is 17.9 Å². The monoisotopic (exact) mass is 853 g/mol. The van der Waals surface area contributed by atoms with Crippen molar-refractivity contribution in [1.29, 1.82) is 0 Å². The number of nitrogens with zero attached hydrogens (tertiary/aromatic N) is 1. The Morgan fingerprint density at radius 2 is 1.39 bits per heavy atom. The number of quaternary nitrogens is 1. The smallest absolute Gasteiger partial charge is 0.306 e. The van der Waals surface area contributed by atoms with E-state index in [-0.39, 0.29) is 42.9 Å². The third kappa shape index (κ3) is 17.7. The summed E-state index contributed by atoms with van der Waals surface area (Å²) in [6.07, 6.45) is 36.5. The molecule has 4 rings (SSSR count). The van der Waals surface area contributed by atoms with E-state index >= 15 is 0 Å². The number of allylic oxidation sites excluding steroid dienone is 3. The molecule has 0 aromatic rings. The van der Waals surface area contributed by atoms with E-state index in [1.165, 1.54) is 115 Å². The van der Waals surface area contributed by atoms with Crippen LogP contribution >= 0.6 is 0 Å². The average molecular weight is 853 g/mol. The van der Waals surface area contributed by atoms with Crippen LogP contribution in [0.4, 0.5) is 0 Å². The van der Waals surface area contributed by atoms with E-state index in [0.29, 0.717) is 17.4 Å². The van der Waals surface area contributed by atoms with Gasteiger partial charge in [0.15, 0.2) is 6.10 Å². The summed E-state index contributed by atoms with van der Waals surface area (Å²) in [5.74, 6) is 4.94. The number of esters is 3. The Labute approximate surface area is 374 Å². The molecule has 0 amide bonds. The lowest BCUT2D eigenvalue weighted by molar-refractivity contribution is -0.873. The molecule has 0 aromatic heterocycles. The predicted octanol–water partition coefficient (Wildman–Crippen LogP) is 13.5. The highest BCUT2D eigenvalue weighted by molar-refractivity contribution is 5.77. The fourth-order valence-corrected chi connectivity index (χ4v) is 12.2. The molecule has 350 valence electrons. The zero-order chi connectivity index (χ0) is 44.3. The number of rotatable bonds is 29. The molecule has 0 aromatic carbocycles. The summed E-state index contributed by atoms with van der Waals surface area (Å²) in [7, 11) is 6.10. The quantitative estimate of drug-likeness (QED) is 0.0245. The zero-order valence-corrected chi connectivity index (χ0v) is 40.8. The van der Waals surface area contributed by atoms with Gasteiger partial charge in [0.25, 0.3) is 0 Å². The summed E-state index contributed by atoms with van der Waals surface area (Å²) in [5.41, 5.74) is 1.74. The number of unbranched alkanes of at least 4 members (excludes halogenated alkanes) is 11. The summed E-state index contributed by atoms with van der Waals surface area (Å²) in [4.78, 5) is 38.6. The molecule has 0 aliphatic heterocycles. The molecule has 0 bridgehead atoms. The van der Waals surface area contributed by atoms with Gasteiger partial charge in [-0.2, -0.15) is 0 Å². The molecule has 0 saturated heterocycles. The largest absolute Gasteiger partial charge is 0.462 e. The third-order valence-corrected chi connectivity index (χ3v) is 15.6. The van der Waals surface area contributed by atoms with Crippen LogP contribution in [0.25, 0.3) is 0 Å². The van der Waals surface area contributed by atoms with Crippen molar-refractivity contribution in [3.05, 3.63) is 23.8 Å². The summed E-state index contributed by atoms with van der Waals surface area (Å²) in [6.45, 7) is 12.6. The topological polar surface area (TPSA) is 78.9 Å². The van der Waals surface area contributed by atoms with Gasteiger partial charge in [-0.3, -0.25) is 14.4 Å².